The first kappa shape index (κ1) is 14.3. The van der Waals surface area contributed by atoms with Gasteiger partial charge in [0, 0.05) is 32.3 Å². The van der Waals surface area contributed by atoms with Gasteiger partial charge in [0.05, 0.1) is 6.10 Å². The van der Waals surface area contributed by atoms with E-state index in [1.807, 2.05) is 4.90 Å². The number of hydrogen-bond acceptors (Lipinski definition) is 5. The molecule has 2 fully saturated rings. The minimum atomic E-state index is -0.132. The number of rotatable bonds is 4. The highest BCUT2D eigenvalue weighted by Crippen LogP contribution is 2.23. The molecule has 7 nitrogen and oxygen atoms in total. The van der Waals surface area contributed by atoms with Crippen molar-refractivity contribution in [1.29, 1.82) is 0 Å². The lowest BCUT2D eigenvalue weighted by Crippen LogP contribution is -2.44. The third-order valence-electron chi connectivity index (χ3n) is 4.31. The molecule has 1 aromatic heterocycles. The van der Waals surface area contributed by atoms with Crippen LogP contribution < -0.4 is 5.32 Å². The number of methoxy groups -OCH3 is 1. The van der Waals surface area contributed by atoms with E-state index in [1.54, 1.807) is 13.2 Å². The fourth-order valence-corrected chi connectivity index (χ4v) is 3.19. The molecule has 0 aromatic carbocycles. The van der Waals surface area contributed by atoms with Crippen LogP contribution in [0.5, 0.6) is 0 Å². The molecule has 21 heavy (non-hydrogen) atoms. The van der Waals surface area contributed by atoms with Gasteiger partial charge in [0.2, 0.25) is 0 Å². The van der Waals surface area contributed by atoms with Crippen molar-refractivity contribution in [3.05, 3.63) is 12.3 Å². The lowest BCUT2D eigenvalue weighted by Gasteiger charge is -2.27. The third kappa shape index (κ3) is 3.36. The van der Waals surface area contributed by atoms with E-state index in [0.29, 0.717) is 12.4 Å². The molecule has 3 rings (SSSR count). The van der Waals surface area contributed by atoms with Gasteiger partial charge in [-0.2, -0.15) is 0 Å². The van der Waals surface area contributed by atoms with Crippen LogP contribution >= 0.6 is 0 Å². The van der Waals surface area contributed by atoms with Gasteiger partial charge in [-0.1, -0.05) is 5.16 Å². The summed E-state index contributed by atoms with van der Waals surface area (Å²) < 4.78 is 10.2. The summed E-state index contributed by atoms with van der Waals surface area (Å²) in [4.78, 5) is 16.7. The molecule has 2 saturated heterocycles. The third-order valence-corrected chi connectivity index (χ3v) is 4.31. The molecule has 2 aliphatic heterocycles. The molecule has 1 aromatic rings. The normalized spacial score (nSPS) is 26.4. The summed E-state index contributed by atoms with van der Waals surface area (Å²) in [5.41, 5.74) is 0. The maximum Gasteiger partial charge on any atom is 0.323 e. The van der Waals surface area contributed by atoms with Crippen LogP contribution in [-0.4, -0.2) is 66.4 Å². The summed E-state index contributed by atoms with van der Waals surface area (Å²) in [5.74, 6) is 0.445. The number of nitrogens with one attached hydrogen (secondary N) is 1. The molecule has 0 aliphatic carbocycles. The van der Waals surface area contributed by atoms with E-state index in [4.69, 9.17) is 9.26 Å². The van der Waals surface area contributed by atoms with Crippen molar-refractivity contribution in [3.63, 3.8) is 0 Å². The average molecular weight is 294 g/mol. The van der Waals surface area contributed by atoms with Gasteiger partial charge >= 0.3 is 6.03 Å². The van der Waals surface area contributed by atoms with Gasteiger partial charge in [0.15, 0.2) is 5.82 Å². The summed E-state index contributed by atoms with van der Waals surface area (Å²) >= 11 is 0. The number of carbonyl (C=O) groups is 1. The lowest BCUT2D eigenvalue weighted by molar-refractivity contribution is 0.111. The Labute approximate surface area is 124 Å². The topological polar surface area (TPSA) is 70.8 Å². The average Bonchev–Trinajstić information content (AvgIpc) is 3.20. The smallest absolute Gasteiger partial charge is 0.323 e. The molecule has 2 atom stereocenters. The number of ether oxygens (including phenoxy) is 1. The number of likely N-dealkylation sites (tertiary alicyclic amines) is 2. The fraction of sp³-hybridized carbons (Fsp3) is 0.714. The summed E-state index contributed by atoms with van der Waals surface area (Å²) in [7, 11) is 1.70. The summed E-state index contributed by atoms with van der Waals surface area (Å²) in [6.45, 7) is 3.81. The second kappa shape index (κ2) is 6.44. The molecule has 3 heterocycles. The Hall–Kier alpha value is -1.60. The van der Waals surface area contributed by atoms with E-state index < -0.39 is 0 Å². The van der Waals surface area contributed by atoms with Crippen molar-refractivity contribution in [2.75, 3.05) is 38.6 Å². The number of anilines is 1. The van der Waals surface area contributed by atoms with Crippen LogP contribution in [0, 0.1) is 0 Å². The van der Waals surface area contributed by atoms with Crippen molar-refractivity contribution >= 4 is 11.8 Å². The molecular formula is C14H22N4O3. The molecule has 1 N–H and O–H groups in total. The van der Waals surface area contributed by atoms with Crippen LogP contribution in [0.2, 0.25) is 0 Å². The highest BCUT2D eigenvalue weighted by molar-refractivity contribution is 5.88. The van der Waals surface area contributed by atoms with Gasteiger partial charge in [-0.15, -0.1) is 0 Å². The molecule has 0 bridgehead atoms. The largest absolute Gasteiger partial charge is 0.380 e. The lowest BCUT2D eigenvalue weighted by atomic mass is 10.2. The van der Waals surface area contributed by atoms with Crippen LogP contribution in [0.4, 0.5) is 10.6 Å². The number of nitrogens with zero attached hydrogens (tertiary/aromatic N) is 3. The Balaban J connectivity index is 1.63. The zero-order chi connectivity index (χ0) is 14.7. The second-order valence-corrected chi connectivity index (χ2v) is 5.72. The number of hydrogen-bond donors (Lipinski definition) is 1. The predicted molar refractivity (Wildman–Crippen MR) is 77.1 cm³/mol. The Bertz CT molecular complexity index is 459. The molecule has 0 saturated carbocycles. The number of urea groups is 1. The van der Waals surface area contributed by atoms with Crippen LogP contribution in [0.25, 0.3) is 0 Å². The highest BCUT2D eigenvalue weighted by Gasteiger charge is 2.36. The minimum Gasteiger partial charge on any atom is -0.380 e. The van der Waals surface area contributed by atoms with Gasteiger partial charge in [0.25, 0.3) is 0 Å². The number of carbonyl (C=O) groups excluding carboxylic acids is 1. The van der Waals surface area contributed by atoms with Gasteiger partial charge < -0.3 is 19.1 Å². The Morgan fingerprint density at radius 2 is 2.33 bits per heavy atom. The fourth-order valence-electron chi connectivity index (χ4n) is 3.19. The van der Waals surface area contributed by atoms with Crippen LogP contribution in [0.1, 0.15) is 19.3 Å². The van der Waals surface area contributed by atoms with Crippen molar-refractivity contribution < 1.29 is 14.1 Å². The molecule has 116 valence electrons. The summed E-state index contributed by atoms with van der Waals surface area (Å²) in [6, 6.07) is 1.70. The summed E-state index contributed by atoms with van der Waals surface area (Å²) in [5, 5.41) is 6.49. The van der Waals surface area contributed by atoms with Gasteiger partial charge in [-0.25, -0.2) is 4.79 Å². The zero-order valence-corrected chi connectivity index (χ0v) is 12.3. The minimum absolute atomic E-state index is 0.112. The molecule has 0 unspecified atom stereocenters. The Morgan fingerprint density at radius 3 is 3.00 bits per heavy atom. The van der Waals surface area contributed by atoms with Crippen molar-refractivity contribution in [3.8, 4) is 0 Å². The second-order valence-electron chi connectivity index (χ2n) is 5.72. The molecule has 7 heteroatoms. The van der Waals surface area contributed by atoms with Crippen LogP contribution in [0.15, 0.2) is 16.9 Å². The predicted octanol–water partition coefficient (Wildman–Crippen LogP) is 1.39. The first-order valence-electron chi connectivity index (χ1n) is 7.49. The first-order chi connectivity index (χ1) is 10.3. The van der Waals surface area contributed by atoms with Gasteiger partial charge in [-0.05, 0) is 32.4 Å². The SMILES string of the molecule is CO[C@H]1C[C@@H](CN2CCCC2)N(C(=O)Nc2ccon2)C1. The van der Waals surface area contributed by atoms with Gasteiger partial charge in [0.1, 0.15) is 6.26 Å². The van der Waals surface area contributed by atoms with E-state index in [0.717, 1.165) is 26.1 Å². The monoisotopic (exact) mass is 294 g/mol. The van der Waals surface area contributed by atoms with Crippen molar-refractivity contribution in [1.82, 2.24) is 15.0 Å². The van der Waals surface area contributed by atoms with E-state index >= 15 is 0 Å². The van der Waals surface area contributed by atoms with E-state index in [2.05, 4.69) is 15.4 Å². The number of amides is 2. The van der Waals surface area contributed by atoms with Crippen molar-refractivity contribution in [2.24, 2.45) is 0 Å². The molecule has 2 amide bonds. The highest BCUT2D eigenvalue weighted by atomic mass is 16.5. The standard InChI is InChI=1S/C14H22N4O3/c1-20-12-8-11(9-17-5-2-3-6-17)18(10-12)14(19)15-13-4-7-21-16-13/h4,7,11-12H,2-3,5-6,8-10H2,1H3,(H,15,16,19)/t11-,12-/m0/s1. The number of aromatic nitrogens is 1. The van der Waals surface area contributed by atoms with E-state index in [1.165, 1.54) is 19.1 Å². The van der Waals surface area contributed by atoms with Crippen molar-refractivity contribution in [2.45, 2.75) is 31.4 Å². The van der Waals surface area contributed by atoms with Gasteiger partial charge in [-0.3, -0.25) is 5.32 Å². The quantitative estimate of drug-likeness (QED) is 0.908. The van der Waals surface area contributed by atoms with E-state index in [-0.39, 0.29) is 18.2 Å². The molecular weight excluding hydrogens is 272 g/mol. The van der Waals surface area contributed by atoms with Crippen LogP contribution in [-0.2, 0) is 4.74 Å². The maximum atomic E-state index is 12.4. The summed E-state index contributed by atoms with van der Waals surface area (Å²) in [6.07, 6.45) is 4.95. The molecule has 0 radical (unpaired) electrons. The zero-order valence-electron chi connectivity index (χ0n) is 12.3. The molecule has 2 aliphatic rings. The first-order valence-corrected chi connectivity index (χ1v) is 7.49. The Morgan fingerprint density at radius 1 is 1.52 bits per heavy atom. The molecule has 0 spiro atoms. The van der Waals surface area contributed by atoms with Crippen LogP contribution in [0.3, 0.4) is 0 Å². The maximum absolute atomic E-state index is 12.4. The Kier molecular flexibility index (Phi) is 4.40. The van der Waals surface area contributed by atoms with E-state index in [9.17, 15) is 4.79 Å².